The van der Waals surface area contributed by atoms with Crippen LogP contribution in [0.4, 0.5) is 4.79 Å². The van der Waals surface area contributed by atoms with Crippen LogP contribution in [0.15, 0.2) is 30.3 Å². The van der Waals surface area contributed by atoms with Gasteiger partial charge in [0.05, 0.1) is 13.7 Å². The van der Waals surface area contributed by atoms with E-state index < -0.39 is 29.7 Å². The summed E-state index contributed by atoms with van der Waals surface area (Å²) in [6.45, 7) is 5.91. The lowest BCUT2D eigenvalue weighted by molar-refractivity contribution is -0.146. The topological polar surface area (TPSA) is 103 Å². The van der Waals surface area contributed by atoms with Crippen LogP contribution in [0.2, 0.25) is 0 Å². The SMILES string of the molecule is COC(=O)C(CCCCNC(=O)OC(C)(C)C)NCC(=O)OCc1ccccc1. The number of carbonyl (C=O) groups excluding carboxylic acids is 3. The number of hydrogen-bond acceptors (Lipinski definition) is 7. The zero-order valence-corrected chi connectivity index (χ0v) is 17.7. The van der Waals surface area contributed by atoms with Gasteiger partial charge in [-0.3, -0.25) is 14.9 Å². The molecular weight excluding hydrogens is 376 g/mol. The number of unbranched alkanes of at least 4 members (excludes halogenated alkanes) is 1. The second kappa shape index (κ2) is 12.8. The number of hydrogen-bond donors (Lipinski definition) is 2. The number of ether oxygens (including phenoxy) is 3. The fourth-order valence-corrected chi connectivity index (χ4v) is 2.42. The Morgan fingerprint density at radius 2 is 1.76 bits per heavy atom. The highest BCUT2D eigenvalue weighted by Crippen LogP contribution is 2.07. The molecule has 0 aliphatic heterocycles. The van der Waals surface area contributed by atoms with Crippen LogP contribution in [0.3, 0.4) is 0 Å². The number of rotatable bonds is 11. The maximum atomic E-state index is 11.9. The summed E-state index contributed by atoms with van der Waals surface area (Å²) in [5.41, 5.74) is 0.349. The molecule has 0 fully saturated rings. The van der Waals surface area contributed by atoms with Crippen molar-refractivity contribution in [2.75, 3.05) is 20.2 Å². The number of carbonyl (C=O) groups is 3. The largest absolute Gasteiger partial charge is 0.468 e. The molecular formula is C21H32N2O6. The van der Waals surface area contributed by atoms with Crippen molar-refractivity contribution in [3.63, 3.8) is 0 Å². The molecule has 8 nitrogen and oxygen atoms in total. The van der Waals surface area contributed by atoms with Gasteiger partial charge in [-0.05, 0) is 45.6 Å². The van der Waals surface area contributed by atoms with Crippen LogP contribution < -0.4 is 10.6 Å². The Morgan fingerprint density at radius 1 is 1.07 bits per heavy atom. The fourth-order valence-electron chi connectivity index (χ4n) is 2.42. The van der Waals surface area contributed by atoms with Crippen molar-refractivity contribution in [1.82, 2.24) is 10.6 Å². The molecule has 1 aromatic carbocycles. The highest BCUT2D eigenvalue weighted by atomic mass is 16.6. The van der Waals surface area contributed by atoms with Crippen LogP contribution in [-0.4, -0.2) is 49.9 Å². The first kappa shape index (κ1) is 24.4. The molecule has 0 aromatic heterocycles. The molecule has 0 heterocycles. The highest BCUT2D eigenvalue weighted by molar-refractivity contribution is 5.77. The van der Waals surface area contributed by atoms with Crippen molar-refractivity contribution in [1.29, 1.82) is 0 Å². The Kier molecular flexibility index (Phi) is 10.8. The first-order valence-corrected chi connectivity index (χ1v) is 9.69. The minimum atomic E-state index is -0.620. The summed E-state index contributed by atoms with van der Waals surface area (Å²) in [5.74, 6) is -0.893. The number of alkyl carbamates (subject to hydrolysis) is 1. The van der Waals surface area contributed by atoms with Crippen molar-refractivity contribution in [3.05, 3.63) is 35.9 Å². The third-order valence-corrected chi connectivity index (χ3v) is 3.81. The van der Waals surface area contributed by atoms with E-state index in [0.29, 0.717) is 25.8 Å². The minimum absolute atomic E-state index is 0.0945. The van der Waals surface area contributed by atoms with Crippen LogP contribution in [0.25, 0.3) is 0 Å². The third kappa shape index (κ3) is 11.7. The van der Waals surface area contributed by atoms with Gasteiger partial charge in [0.2, 0.25) is 0 Å². The van der Waals surface area contributed by atoms with Crippen LogP contribution in [-0.2, 0) is 30.4 Å². The maximum Gasteiger partial charge on any atom is 0.407 e. The summed E-state index contributed by atoms with van der Waals surface area (Å²) >= 11 is 0. The van der Waals surface area contributed by atoms with E-state index in [1.165, 1.54) is 7.11 Å². The molecule has 1 amide bonds. The average molecular weight is 408 g/mol. The van der Waals surface area contributed by atoms with Gasteiger partial charge in [0.25, 0.3) is 0 Å². The van der Waals surface area contributed by atoms with E-state index in [0.717, 1.165) is 5.56 Å². The smallest absolute Gasteiger partial charge is 0.407 e. The second-order valence-electron chi connectivity index (χ2n) is 7.53. The summed E-state index contributed by atoms with van der Waals surface area (Å²) < 4.78 is 15.1. The zero-order valence-electron chi connectivity index (χ0n) is 17.7. The van der Waals surface area contributed by atoms with Gasteiger partial charge in [-0.25, -0.2) is 4.79 Å². The fraction of sp³-hybridized carbons (Fsp3) is 0.571. The molecule has 2 N–H and O–H groups in total. The highest BCUT2D eigenvalue weighted by Gasteiger charge is 2.20. The quantitative estimate of drug-likeness (QED) is 0.329. The summed E-state index contributed by atoms with van der Waals surface area (Å²) in [6, 6.07) is 8.73. The molecule has 29 heavy (non-hydrogen) atoms. The van der Waals surface area contributed by atoms with Gasteiger partial charge in [-0.1, -0.05) is 30.3 Å². The van der Waals surface area contributed by atoms with E-state index in [4.69, 9.17) is 14.2 Å². The lowest BCUT2D eigenvalue weighted by atomic mass is 10.1. The lowest BCUT2D eigenvalue weighted by Crippen LogP contribution is -2.41. The molecule has 1 atom stereocenters. The van der Waals surface area contributed by atoms with Crippen molar-refractivity contribution in [2.45, 2.75) is 58.3 Å². The average Bonchev–Trinajstić information content (AvgIpc) is 2.67. The molecule has 0 spiro atoms. The summed E-state index contributed by atoms with van der Waals surface area (Å²) in [5, 5.41) is 5.54. The molecule has 162 valence electrons. The van der Waals surface area contributed by atoms with Gasteiger partial charge in [-0.2, -0.15) is 0 Å². The van der Waals surface area contributed by atoms with Gasteiger partial charge >= 0.3 is 18.0 Å². The predicted octanol–water partition coefficient (Wildman–Crippen LogP) is 2.56. The first-order chi connectivity index (χ1) is 13.7. The van der Waals surface area contributed by atoms with E-state index in [1.54, 1.807) is 20.8 Å². The Labute approximate surface area is 172 Å². The molecule has 0 bridgehead atoms. The van der Waals surface area contributed by atoms with Gasteiger partial charge in [-0.15, -0.1) is 0 Å². The van der Waals surface area contributed by atoms with Crippen molar-refractivity contribution >= 4 is 18.0 Å². The number of nitrogens with one attached hydrogen (secondary N) is 2. The Hall–Kier alpha value is -2.61. The number of esters is 2. The molecule has 0 saturated heterocycles. The van der Waals surface area contributed by atoms with Crippen molar-refractivity contribution < 1.29 is 28.6 Å². The van der Waals surface area contributed by atoms with Crippen molar-refractivity contribution in [3.8, 4) is 0 Å². The Balaban J connectivity index is 2.28. The van der Waals surface area contributed by atoms with E-state index in [1.807, 2.05) is 30.3 Å². The summed E-state index contributed by atoms with van der Waals surface area (Å²) in [6.07, 6.45) is 1.31. The normalized spacial score (nSPS) is 12.0. The molecule has 0 radical (unpaired) electrons. The molecule has 1 aromatic rings. The van der Waals surface area contributed by atoms with E-state index >= 15 is 0 Å². The van der Waals surface area contributed by atoms with E-state index in [2.05, 4.69) is 10.6 Å². The predicted molar refractivity (Wildman–Crippen MR) is 108 cm³/mol. The molecule has 8 heteroatoms. The van der Waals surface area contributed by atoms with Crippen molar-refractivity contribution in [2.24, 2.45) is 0 Å². The number of methoxy groups -OCH3 is 1. The molecule has 1 unspecified atom stereocenters. The minimum Gasteiger partial charge on any atom is -0.468 e. The van der Waals surface area contributed by atoms with Crippen LogP contribution in [0.5, 0.6) is 0 Å². The maximum absolute atomic E-state index is 11.9. The van der Waals surface area contributed by atoms with Gasteiger partial charge in [0.15, 0.2) is 0 Å². The van der Waals surface area contributed by atoms with Crippen LogP contribution >= 0.6 is 0 Å². The molecule has 1 rings (SSSR count). The van der Waals surface area contributed by atoms with Gasteiger partial charge in [0, 0.05) is 6.54 Å². The van der Waals surface area contributed by atoms with Gasteiger partial charge in [0.1, 0.15) is 18.2 Å². The molecule has 0 aliphatic carbocycles. The monoisotopic (exact) mass is 408 g/mol. The number of amides is 1. The first-order valence-electron chi connectivity index (χ1n) is 9.69. The van der Waals surface area contributed by atoms with E-state index in [-0.39, 0.29) is 13.2 Å². The second-order valence-corrected chi connectivity index (χ2v) is 7.53. The van der Waals surface area contributed by atoms with E-state index in [9.17, 15) is 14.4 Å². The van der Waals surface area contributed by atoms with Crippen LogP contribution in [0.1, 0.15) is 45.6 Å². The lowest BCUT2D eigenvalue weighted by Gasteiger charge is -2.20. The van der Waals surface area contributed by atoms with Gasteiger partial charge < -0.3 is 19.5 Å². The zero-order chi connectivity index (χ0) is 21.7. The summed E-state index contributed by atoms with van der Waals surface area (Å²) in [7, 11) is 1.30. The standard InChI is InChI=1S/C21H32N2O6/c1-21(2,3)29-20(26)22-13-9-8-12-17(19(25)27-4)23-14-18(24)28-15-16-10-6-5-7-11-16/h5-7,10-11,17,23H,8-9,12-15H2,1-4H3,(H,22,26). The Bertz CT molecular complexity index is 642. The summed E-state index contributed by atoms with van der Waals surface area (Å²) in [4.78, 5) is 35.4. The van der Waals surface area contributed by atoms with Crippen LogP contribution in [0, 0.1) is 0 Å². The third-order valence-electron chi connectivity index (χ3n) is 3.81. The molecule has 0 aliphatic rings. The number of benzene rings is 1. The molecule has 0 saturated carbocycles. The Morgan fingerprint density at radius 3 is 2.38 bits per heavy atom.